The molecule has 0 atom stereocenters. The zero-order valence-corrected chi connectivity index (χ0v) is 12.4. The minimum absolute atomic E-state index is 0.0301. The first-order valence-electron chi connectivity index (χ1n) is 5.78. The number of ether oxygens (including phenoxy) is 1. The van der Waals surface area contributed by atoms with Gasteiger partial charge in [-0.05, 0) is 24.6 Å². The third kappa shape index (κ3) is 2.72. The number of halogens is 3. The van der Waals surface area contributed by atoms with E-state index in [0.29, 0.717) is 10.0 Å². The molecule has 0 saturated heterocycles. The summed E-state index contributed by atoms with van der Waals surface area (Å²) in [6, 6.07) is 6.98. The molecule has 2 aromatic rings. The van der Waals surface area contributed by atoms with Crippen LogP contribution in [0.5, 0.6) is 5.75 Å². The average molecular weight is 341 g/mol. The number of hydrogen-bond acceptors (Lipinski definition) is 2. The van der Waals surface area contributed by atoms with Crippen molar-refractivity contribution in [3.8, 4) is 5.75 Å². The molecule has 2 rings (SSSR count). The molecule has 0 saturated carbocycles. The second-order valence-electron chi connectivity index (χ2n) is 4.25. The van der Waals surface area contributed by atoms with E-state index in [2.05, 4.69) is 15.9 Å². The van der Waals surface area contributed by atoms with E-state index in [1.807, 2.05) is 0 Å². The maximum atomic E-state index is 13.9. The van der Waals surface area contributed by atoms with Gasteiger partial charge >= 0.3 is 0 Å². The van der Waals surface area contributed by atoms with Gasteiger partial charge in [0.15, 0.2) is 5.78 Å². The summed E-state index contributed by atoms with van der Waals surface area (Å²) in [7, 11) is 1.30. The van der Waals surface area contributed by atoms with Gasteiger partial charge in [-0.3, -0.25) is 4.79 Å². The average Bonchev–Trinajstić information content (AvgIpc) is 2.40. The molecule has 0 aliphatic rings. The van der Waals surface area contributed by atoms with Crippen molar-refractivity contribution in [3.63, 3.8) is 0 Å². The van der Waals surface area contributed by atoms with Crippen molar-refractivity contribution in [1.82, 2.24) is 0 Å². The quantitative estimate of drug-likeness (QED) is 0.779. The summed E-state index contributed by atoms with van der Waals surface area (Å²) in [6.45, 7) is 1.71. The van der Waals surface area contributed by atoms with Crippen LogP contribution in [0.1, 0.15) is 21.5 Å². The monoisotopic (exact) mass is 340 g/mol. The highest BCUT2D eigenvalue weighted by molar-refractivity contribution is 9.10. The third-order valence-corrected chi connectivity index (χ3v) is 3.42. The van der Waals surface area contributed by atoms with Gasteiger partial charge in [0, 0.05) is 22.2 Å². The van der Waals surface area contributed by atoms with Crippen molar-refractivity contribution in [2.45, 2.75) is 6.92 Å². The number of rotatable bonds is 3. The van der Waals surface area contributed by atoms with Gasteiger partial charge in [-0.15, -0.1) is 0 Å². The zero-order chi connectivity index (χ0) is 14.9. The first-order chi connectivity index (χ1) is 9.43. The Hall–Kier alpha value is -1.75. The number of carbonyl (C=O) groups excluding carboxylic acids is 1. The van der Waals surface area contributed by atoms with Crippen LogP contribution in [0.2, 0.25) is 0 Å². The molecular formula is C15H11BrF2O2. The Labute approximate surface area is 123 Å². The summed E-state index contributed by atoms with van der Waals surface area (Å²) in [6.07, 6.45) is 0. The predicted octanol–water partition coefficient (Wildman–Crippen LogP) is 4.28. The Morgan fingerprint density at radius 2 is 1.75 bits per heavy atom. The number of ketones is 1. The van der Waals surface area contributed by atoms with Crippen LogP contribution in [-0.2, 0) is 0 Å². The van der Waals surface area contributed by atoms with Crippen molar-refractivity contribution in [2.75, 3.05) is 7.11 Å². The maximum absolute atomic E-state index is 13.9. The zero-order valence-electron chi connectivity index (χ0n) is 10.8. The van der Waals surface area contributed by atoms with Crippen molar-refractivity contribution in [2.24, 2.45) is 0 Å². The second-order valence-corrected chi connectivity index (χ2v) is 5.17. The highest BCUT2D eigenvalue weighted by atomic mass is 79.9. The Balaban J connectivity index is 2.56. The maximum Gasteiger partial charge on any atom is 0.199 e. The topological polar surface area (TPSA) is 26.3 Å². The van der Waals surface area contributed by atoms with Gasteiger partial charge in [0.05, 0.1) is 12.7 Å². The van der Waals surface area contributed by atoms with E-state index < -0.39 is 23.0 Å². The van der Waals surface area contributed by atoms with Crippen LogP contribution in [0.3, 0.4) is 0 Å². The third-order valence-electron chi connectivity index (χ3n) is 2.92. The van der Waals surface area contributed by atoms with Gasteiger partial charge in [-0.25, -0.2) is 8.78 Å². The highest BCUT2D eigenvalue weighted by Gasteiger charge is 2.22. The van der Waals surface area contributed by atoms with Crippen molar-refractivity contribution >= 4 is 21.7 Å². The SMILES string of the molecule is COc1cc(F)c(C(=O)c2cc(Br)ccc2C)c(F)c1. The molecule has 0 spiro atoms. The van der Waals surface area contributed by atoms with Gasteiger partial charge in [0.2, 0.25) is 0 Å². The minimum atomic E-state index is -0.939. The first kappa shape index (κ1) is 14.7. The molecule has 0 aromatic heterocycles. The fourth-order valence-corrected chi connectivity index (χ4v) is 2.22. The molecule has 0 unspecified atom stereocenters. The minimum Gasteiger partial charge on any atom is -0.497 e. The van der Waals surface area contributed by atoms with Crippen LogP contribution in [0.25, 0.3) is 0 Å². The molecule has 0 bridgehead atoms. The molecule has 2 aromatic carbocycles. The lowest BCUT2D eigenvalue weighted by molar-refractivity contribution is 0.103. The van der Waals surface area contributed by atoms with Crippen LogP contribution < -0.4 is 4.74 Å². The molecule has 5 heteroatoms. The molecule has 0 amide bonds. The number of hydrogen-bond donors (Lipinski definition) is 0. The summed E-state index contributed by atoms with van der Waals surface area (Å²) >= 11 is 3.24. The molecule has 20 heavy (non-hydrogen) atoms. The molecule has 104 valence electrons. The Morgan fingerprint density at radius 3 is 2.30 bits per heavy atom. The van der Waals surface area contributed by atoms with Crippen LogP contribution in [-0.4, -0.2) is 12.9 Å². The number of benzene rings is 2. The molecule has 0 aliphatic heterocycles. The van der Waals surface area contributed by atoms with E-state index in [1.165, 1.54) is 7.11 Å². The van der Waals surface area contributed by atoms with E-state index in [9.17, 15) is 13.6 Å². The van der Waals surface area contributed by atoms with Gasteiger partial charge in [0.25, 0.3) is 0 Å². The largest absolute Gasteiger partial charge is 0.497 e. The van der Waals surface area contributed by atoms with Crippen LogP contribution in [0, 0.1) is 18.6 Å². The Bertz CT molecular complexity index is 661. The first-order valence-corrected chi connectivity index (χ1v) is 6.57. The van der Waals surface area contributed by atoms with Crippen LogP contribution in [0.15, 0.2) is 34.8 Å². The molecular weight excluding hydrogens is 330 g/mol. The standard InChI is InChI=1S/C15H11BrF2O2/c1-8-3-4-9(16)5-11(8)15(19)14-12(17)6-10(20-2)7-13(14)18/h3-7H,1-2H3. The summed E-state index contributed by atoms with van der Waals surface area (Å²) in [5.41, 5.74) is 0.321. The fraction of sp³-hybridized carbons (Fsp3) is 0.133. The number of carbonyl (C=O) groups is 1. The summed E-state index contributed by atoms with van der Waals surface area (Å²) in [5.74, 6) is -2.54. The summed E-state index contributed by atoms with van der Waals surface area (Å²) < 4.78 is 33.3. The van der Waals surface area contributed by atoms with Crippen LogP contribution >= 0.6 is 15.9 Å². The Kier molecular flexibility index (Phi) is 4.18. The molecule has 0 aliphatic carbocycles. The smallest absolute Gasteiger partial charge is 0.199 e. The molecule has 0 radical (unpaired) electrons. The van der Waals surface area contributed by atoms with Crippen LogP contribution in [0.4, 0.5) is 8.78 Å². The van der Waals surface area contributed by atoms with Gasteiger partial charge in [-0.1, -0.05) is 22.0 Å². The lowest BCUT2D eigenvalue weighted by Gasteiger charge is -2.09. The Morgan fingerprint density at radius 1 is 1.15 bits per heavy atom. The summed E-state index contributed by atoms with van der Waals surface area (Å²) in [4.78, 5) is 12.3. The summed E-state index contributed by atoms with van der Waals surface area (Å²) in [5, 5.41) is 0. The van der Waals surface area contributed by atoms with Gasteiger partial charge < -0.3 is 4.74 Å². The van der Waals surface area contributed by atoms with E-state index in [4.69, 9.17) is 4.74 Å². The normalized spacial score (nSPS) is 10.4. The second kappa shape index (κ2) is 5.71. The molecule has 0 fully saturated rings. The van der Waals surface area contributed by atoms with E-state index in [1.54, 1.807) is 25.1 Å². The highest BCUT2D eigenvalue weighted by Crippen LogP contribution is 2.25. The lowest BCUT2D eigenvalue weighted by atomic mass is 9.98. The molecule has 0 heterocycles. The number of methoxy groups -OCH3 is 1. The number of aryl methyl sites for hydroxylation is 1. The van der Waals surface area contributed by atoms with E-state index >= 15 is 0 Å². The van der Waals surface area contributed by atoms with E-state index in [0.717, 1.165) is 12.1 Å². The molecule has 2 nitrogen and oxygen atoms in total. The molecule has 0 N–H and O–H groups in total. The lowest BCUT2D eigenvalue weighted by Crippen LogP contribution is -2.09. The fourth-order valence-electron chi connectivity index (χ4n) is 1.86. The van der Waals surface area contributed by atoms with Gasteiger partial charge in [0.1, 0.15) is 17.4 Å². The van der Waals surface area contributed by atoms with E-state index in [-0.39, 0.29) is 11.3 Å². The van der Waals surface area contributed by atoms with Gasteiger partial charge in [-0.2, -0.15) is 0 Å². The predicted molar refractivity (Wildman–Crippen MR) is 75.2 cm³/mol. The van der Waals surface area contributed by atoms with Crippen molar-refractivity contribution in [1.29, 1.82) is 0 Å². The van der Waals surface area contributed by atoms with Crippen molar-refractivity contribution in [3.05, 3.63) is 63.1 Å². The van der Waals surface area contributed by atoms with Crippen molar-refractivity contribution < 1.29 is 18.3 Å².